The zero-order valence-corrected chi connectivity index (χ0v) is 10.3. The average Bonchev–Trinajstić information content (AvgIpc) is 2.36. The highest BCUT2D eigenvalue weighted by atomic mass is 16.4. The van der Waals surface area contributed by atoms with Crippen LogP contribution in [-0.4, -0.2) is 28.3 Å². The number of primary amides is 1. The molecule has 0 heterocycles. The predicted octanol–water partition coefficient (Wildman–Crippen LogP) is -0.154. The molecule has 0 aliphatic carbocycles. The maximum atomic E-state index is 12.0. The Kier molecular flexibility index (Phi) is 4.77. The SMILES string of the molecule is NC(=O)CCC(N)(C(=O)O)C(=O)Cc1ccccc1. The normalized spacial score (nSPS) is 13.5. The highest BCUT2D eigenvalue weighted by Crippen LogP contribution is 2.15. The minimum atomic E-state index is -2.08. The number of amides is 1. The van der Waals surface area contributed by atoms with E-state index in [1.165, 1.54) is 0 Å². The molecule has 0 saturated heterocycles. The number of Topliss-reactive ketones (excluding diaryl/α,β-unsaturated/α-hetero) is 1. The molecule has 1 atom stereocenters. The van der Waals surface area contributed by atoms with Crippen LogP contribution < -0.4 is 11.5 Å². The Bertz CT molecular complexity index is 487. The zero-order valence-electron chi connectivity index (χ0n) is 10.3. The van der Waals surface area contributed by atoms with E-state index in [2.05, 4.69) is 0 Å². The van der Waals surface area contributed by atoms with Crippen molar-refractivity contribution in [3.8, 4) is 0 Å². The van der Waals surface area contributed by atoms with E-state index in [0.717, 1.165) is 0 Å². The Morgan fingerprint density at radius 2 is 1.74 bits per heavy atom. The molecule has 0 saturated carbocycles. The van der Waals surface area contributed by atoms with Gasteiger partial charge < -0.3 is 16.6 Å². The molecule has 1 unspecified atom stereocenters. The fourth-order valence-electron chi connectivity index (χ4n) is 1.62. The zero-order chi connectivity index (χ0) is 14.5. The number of carboxylic acid groups (broad SMARTS) is 1. The van der Waals surface area contributed by atoms with Crippen LogP contribution in [0.5, 0.6) is 0 Å². The van der Waals surface area contributed by atoms with Crippen LogP contribution in [-0.2, 0) is 20.8 Å². The summed E-state index contributed by atoms with van der Waals surface area (Å²) in [5, 5.41) is 9.10. The van der Waals surface area contributed by atoms with Gasteiger partial charge in [-0.25, -0.2) is 4.79 Å². The van der Waals surface area contributed by atoms with Crippen LogP contribution in [0.4, 0.5) is 0 Å². The fourth-order valence-corrected chi connectivity index (χ4v) is 1.62. The van der Waals surface area contributed by atoms with E-state index >= 15 is 0 Å². The molecule has 0 aliphatic rings. The third kappa shape index (κ3) is 3.89. The lowest BCUT2D eigenvalue weighted by Gasteiger charge is -2.22. The summed E-state index contributed by atoms with van der Waals surface area (Å²) in [6.07, 6.45) is -0.644. The van der Waals surface area contributed by atoms with Gasteiger partial charge in [-0.05, 0) is 12.0 Å². The number of rotatable bonds is 7. The van der Waals surface area contributed by atoms with Crippen LogP contribution in [0.3, 0.4) is 0 Å². The van der Waals surface area contributed by atoms with Crippen LogP contribution in [0.25, 0.3) is 0 Å². The molecule has 1 rings (SSSR count). The van der Waals surface area contributed by atoms with E-state index in [9.17, 15) is 14.4 Å². The maximum absolute atomic E-state index is 12.0. The Hall–Kier alpha value is -2.21. The number of hydrogen-bond donors (Lipinski definition) is 3. The van der Waals surface area contributed by atoms with Crippen molar-refractivity contribution in [1.29, 1.82) is 0 Å². The summed E-state index contributed by atoms with van der Waals surface area (Å²) < 4.78 is 0. The second kappa shape index (κ2) is 6.10. The van der Waals surface area contributed by atoms with Crippen LogP contribution in [0.1, 0.15) is 18.4 Å². The van der Waals surface area contributed by atoms with E-state index in [4.69, 9.17) is 16.6 Å². The van der Waals surface area contributed by atoms with Gasteiger partial charge in [0.25, 0.3) is 0 Å². The number of carboxylic acids is 1. The molecule has 1 aromatic rings. The van der Waals surface area contributed by atoms with Crippen molar-refractivity contribution in [2.24, 2.45) is 11.5 Å². The molecule has 102 valence electrons. The first-order valence-electron chi connectivity index (χ1n) is 5.74. The number of benzene rings is 1. The van der Waals surface area contributed by atoms with Crippen molar-refractivity contribution >= 4 is 17.7 Å². The predicted molar refractivity (Wildman–Crippen MR) is 68.1 cm³/mol. The molecular formula is C13H16N2O4. The summed E-state index contributed by atoms with van der Waals surface area (Å²) in [4.78, 5) is 33.9. The summed E-state index contributed by atoms with van der Waals surface area (Å²) in [5.41, 5.74) is 9.17. The molecule has 5 N–H and O–H groups in total. The highest BCUT2D eigenvalue weighted by Gasteiger charge is 2.41. The molecule has 0 aliphatic heterocycles. The van der Waals surface area contributed by atoms with Crippen LogP contribution >= 0.6 is 0 Å². The van der Waals surface area contributed by atoms with Crippen molar-refractivity contribution in [3.63, 3.8) is 0 Å². The van der Waals surface area contributed by atoms with Crippen LogP contribution in [0.15, 0.2) is 30.3 Å². The molecule has 19 heavy (non-hydrogen) atoms. The van der Waals surface area contributed by atoms with Gasteiger partial charge in [0.1, 0.15) is 0 Å². The molecular weight excluding hydrogens is 248 g/mol. The topological polar surface area (TPSA) is 123 Å². The van der Waals surface area contributed by atoms with E-state index in [1.54, 1.807) is 30.3 Å². The lowest BCUT2D eigenvalue weighted by molar-refractivity contribution is -0.148. The van der Waals surface area contributed by atoms with Crippen molar-refractivity contribution in [3.05, 3.63) is 35.9 Å². The minimum Gasteiger partial charge on any atom is -0.480 e. The second-order valence-electron chi connectivity index (χ2n) is 4.33. The Morgan fingerprint density at radius 1 is 1.16 bits per heavy atom. The summed E-state index contributed by atoms with van der Waals surface area (Å²) in [6.45, 7) is 0. The molecule has 6 heteroatoms. The lowest BCUT2D eigenvalue weighted by Crippen LogP contribution is -2.56. The van der Waals surface area contributed by atoms with Crippen LogP contribution in [0, 0.1) is 0 Å². The van der Waals surface area contributed by atoms with E-state index < -0.39 is 23.2 Å². The Labute approximate surface area is 110 Å². The number of carbonyl (C=O) groups is 3. The van der Waals surface area contributed by atoms with E-state index in [-0.39, 0.29) is 19.3 Å². The molecule has 0 spiro atoms. The van der Waals surface area contributed by atoms with Gasteiger partial charge in [0.2, 0.25) is 5.91 Å². The van der Waals surface area contributed by atoms with Crippen molar-refractivity contribution in [1.82, 2.24) is 0 Å². The van der Waals surface area contributed by atoms with Gasteiger partial charge in [0, 0.05) is 12.8 Å². The molecule has 0 fully saturated rings. The van der Waals surface area contributed by atoms with Gasteiger partial charge in [-0.3, -0.25) is 9.59 Å². The van der Waals surface area contributed by atoms with Gasteiger partial charge in [0.05, 0.1) is 0 Å². The second-order valence-corrected chi connectivity index (χ2v) is 4.33. The van der Waals surface area contributed by atoms with Gasteiger partial charge in [-0.2, -0.15) is 0 Å². The Morgan fingerprint density at radius 3 is 2.21 bits per heavy atom. The van der Waals surface area contributed by atoms with E-state index in [0.29, 0.717) is 5.56 Å². The molecule has 1 aromatic carbocycles. The summed E-state index contributed by atoms with van der Waals surface area (Å²) in [6, 6.07) is 8.67. The standard InChI is InChI=1S/C13H16N2O4/c14-11(17)6-7-13(15,12(18)19)10(16)8-9-4-2-1-3-5-9/h1-5H,6-8,15H2,(H2,14,17)(H,18,19). The third-order valence-corrected chi connectivity index (χ3v) is 2.85. The first kappa shape index (κ1) is 14.8. The first-order valence-corrected chi connectivity index (χ1v) is 5.74. The van der Waals surface area contributed by atoms with Crippen molar-refractivity contribution in [2.45, 2.75) is 24.8 Å². The maximum Gasteiger partial charge on any atom is 0.331 e. The number of ketones is 1. The summed E-state index contributed by atoms with van der Waals surface area (Å²) >= 11 is 0. The molecule has 6 nitrogen and oxygen atoms in total. The van der Waals surface area contributed by atoms with E-state index in [1.807, 2.05) is 0 Å². The number of hydrogen-bond acceptors (Lipinski definition) is 4. The highest BCUT2D eigenvalue weighted by molar-refractivity contribution is 6.08. The minimum absolute atomic E-state index is 0.0948. The quantitative estimate of drug-likeness (QED) is 0.591. The van der Waals surface area contributed by atoms with Crippen molar-refractivity contribution in [2.75, 3.05) is 0 Å². The Balaban J connectivity index is 2.84. The molecule has 0 bridgehead atoms. The molecule has 0 radical (unpaired) electrons. The first-order chi connectivity index (χ1) is 8.86. The summed E-state index contributed by atoms with van der Waals surface area (Å²) in [7, 11) is 0. The molecule has 0 aromatic heterocycles. The monoisotopic (exact) mass is 264 g/mol. The summed E-state index contributed by atoms with van der Waals surface area (Å²) in [5.74, 6) is -2.79. The average molecular weight is 264 g/mol. The third-order valence-electron chi connectivity index (χ3n) is 2.85. The van der Waals surface area contributed by atoms with Gasteiger partial charge >= 0.3 is 5.97 Å². The number of aliphatic carboxylic acids is 1. The fraction of sp³-hybridized carbons (Fsp3) is 0.308. The molecule has 1 amide bonds. The van der Waals surface area contributed by atoms with Crippen molar-refractivity contribution < 1.29 is 19.5 Å². The smallest absolute Gasteiger partial charge is 0.331 e. The largest absolute Gasteiger partial charge is 0.480 e. The van der Waals surface area contributed by atoms with Gasteiger partial charge in [-0.1, -0.05) is 30.3 Å². The lowest BCUT2D eigenvalue weighted by atomic mass is 9.86. The number of carbonyl (C=O) groups excluding carboxylic acids is 2. The number of nitrogens with two attached hydrogens (primary N) is 2. The van der Waals surface area contributed by atoms with Gasteiger partial charge in [0.15, 0.2) is 11.3 Å². The van der Waals surface area contributed by atoms with Gasteiger partial charge in [-0.15, -0.1) is 0 Å². The van der Waals surface area contributed by atoms with Crippen LogP contribution in [0.2, 0.25) is 0 Å².